The summed E-state index contributed by atoms with van der Waals surface area (Å²) in [4.78, 5) is 10.6. The van der Waals surface area contributed by atoms with Gasteiger partial charge in [-0.3, -0.25) is 0 Å². The van der Waals surface area contributed by atoms with Crippen LogP contribution in [0, 0.1) is 5.82 Å². The number of hydrogen-bond donors (Lipinski definition) is 3. The average Bonchev–Trinajstić information content (AvgIpc) is 2.34. The minimum atomic E-state index is -1.27. The number of carbonyl (C=O) groups is 1. The topological polar surface area (TPSA) is 69.6 Å². The fourth-order valence-corrected chi connectivity index (χ4v) is 1.71. The van der Waals surface area contributed by atoms with Crippen molar-refractivity contribution in [2.45, 2.75) is 32.4 Å². The summed E-state index contributed by atoms with van der Waals surface area (Å²) >= 11 is 0. The van der Waals surface area contributed by atoms with Crippen molar-refractivity contribution in [1.82, 2.24) is 5.32 Å². The Balaban J connectivity index is 2.63. The predicted molar refractivity (Wildman–Crippen MR) is 66.0 cm³/mol. The van der Waals surface area contributed by atoms with Gasteiger partial charge in [0.25, 0.3) is 0 Å². The minimum Gasteiger partial charge on any atom is -0.478 e. The number of benzene rings is 1. The van der Waals surface area contributed by atoms with Gasteiger partial charge in [-0.2, -0.15) is 0 Å². The Morgan fingerprint density at radius 2 is 2.22 bits per heavy atom. The fraction of sp³-hybridized carbons (Fsp3) is 0.462. The Bertz CT molecular complexity index is 409. The van der Waals surface area contributed by atoms with Crippen LogP contribution in [-0.2, 0) is 6.54 Å². The van der Waals surface area contributed by atoms with Gasteiger partial charge in [-0.05, 0) is 30.5 Å². The maximum absolute atomic E-state index is 13.4. The summed E-state index contributed by atoms with van der Waals surface area (Å²) in [5, 5.41) is 20.7. The molecule has 0 bridgehead atoms. The van der Waals surface area contributed by atoms with Crippen LogP contribution in [0.3, 0.4) is 0 Å². The first kappa shape index (κ1) is 14.6. The van der Waals surface area contributed by atoms with E-state index in [0.29, 0.717) is 18.5 Å². The van der Waals surface area contributed by atoms with E-state index in [1.165, 1.54) is 12.1 Å². The average molecular weight is 255 g/mol. The molecule has 0 fully saturated rings. The van der Waals surface area contributed by atoms with Crippen LogP contribution in [0.1, 0.15) is 35.7 Å². The standard InChI is InChI=1S/C13H18FNO3/c1-2-10(5-6-16)15-8-9-3-4-11(13(17)18)12(14)7-9/h3-4,7,10,15-16H,2,5-6,8H2,1H3,(H,17,18). The van der Waals surface area contributed by atoms with E-state index in [1.807, 2.05) is 6.92 Å². The second kappa shape index (κ2) is 7.08. The highest BCUT2D eigenvalue weighted by atomic mass is 19.1. The Morgan fingerprint density at radius 1 is 1.50 bits per heavy atom. The van der Waals surface area contributed by atoms with Crippen LogP contribution in [0.4, 0.5) is 4.39 Å². The lowest BCUT2D eigenvalue weighted by molar-refractivity contribution is 0.0692. The van der Waals surface area contributed by atoms with Crippen LogP contribution in [0.15, 0.2) is 18.2 Å². The number of aliphatic hydroxyl groups is 1. The maximum Gasteiger partial charge on any atom is 0.338 e. The van der Waals surface area contributed by atoms with Crippen molar-refractivity contribution in [1.29, 1.82) is 0 Å². The molecule has 5 heteroatoms. The normalized spacial score (nSPS) is 12.4. The largest absolute Gasteiger partial charge is 0.478 e. The van der Waals surface area contributed by atoms with Crippen molar-refractivity contribution in [2.75, 3.05) is 6.61 Å². The molecule has 0 amide bonds. The molecule has 0 heterocycles. The first-order valence-electron chi connectivity index (χ1n) is 5.94. The van der Waals surface area contributed by atoms with Crippen LogP contribution >= 0.6 is 0 Å². The van der Waals surface area contributed by atoms with Gasteiger partial charge in [0.15, 0.2) is 0 Å². The van der Waals surface area contributed by atoms with E-state index in [1.54, 1.807) is 6.07 Å². The van der Waals surface area contributed by atoms with Crippen molar-refractivity contribution in [2.24, 2.45) is 0 Å². The lowest BCUT2D eigenvalue weighted by Gasteiger charge is -2.15. The first-order chi connectivity index (χ1) is 8.58. The first-order valence-corrected chi connectivity index (χ1v) is 5.94. The zero-order valence-corrected chi connectivity index (χ0v) is 10.3. The number of hydrogen-bond acceptors (Lipinski definition) is 3. The van der Waals surface area contributed by atoms with E-state index < -0.39 is 11.8 Å². The van der Waals surface area contributed by atoms with Gasteiger partial charge in [-0.1, -0.05) is 13.0 Å². The van der Waals surface area contributed by atoms with Crippen LogP contribution < -0.4 is 5.32 Å². The Labute approximate surface area is 105 Å². The molecule has 1 aromatic rings. The summed E-state index contributed by atoms with van der Waals surface area (Å²) in [6.07, 6.45) is 1.52. The van der Waals surface area contributed by atoms with Gasteiger partial charge in [0.05, 0.1) is 5.56 Å². The summed E-state index contributed by atoms with van der Waals surface area (Å²) in [5.74, 6) is -1.99. The predicted octanol–water partition coefficient (Wildman–Crippen LogP) is 1.77. The highest BCUT2D eigenvalue weighted by Crippen LogP contribution is 2.11. The molecule has 0 aliphatic rings. The van der Waals surface area contributed by atoms with Crippen molar-refractivity contribution in [3.05, 3.63) is 35.1 Å². The molecule has 0 spiro atoms. The lowest BCUT2D eigenvalue weighted by Crippen LogP contribution is -2.28. The molecule has 18 heavy (non-hydrogen) atoms. The minimum absolute atomic E-state index is 0.109. The number of aliphatic hydroxyl groups excluding tert-OH is 1. The van der Waals surface area contributed by atoms with Crippen molar-refractivity contribution in [3.63, 3.8) is 0 Å². The number of rotatable bonds is 7. The fourth-order valence-electron chi connectivity index (χ4n) is 1.71. The molecule has 1 unspecified atom stereocenters. The third-order valence-corrected chi connectivity index (χ3v) is 2.83. The van der Waals surface area contributed by atoms with E-state index in [0.717, 1.165) is 6.42 Å². The van der Waals surface area contributed by atoms with E-state index in [4.69, 9.17) is 10.2 Å². The molecule has 100 valence electrons. The summed E-state index contributed by atoms with van der Waals surface area (Å²) in [6.45, 7) is 2.56. The number of halogens is 1. The summed E-state index contributed by atoms with van der Waals surface area (Å²) in [5.41, 5.74) is 0.370. The number of aromatic carboxylic acids is 1. The molecule has 0 aliphatic heterocycles. The third kappa shape index (κ3) is 4.09. The van der Waals surface area contributed by atoms with Crippen molar-refractivity contribution < 1.29 is 19.4 Å². The van der Waals surface area contributed by atoms with Gasteiger partial charge < -0.3 is 15.5 Å². The Kier molecular flexibility index (Phi) is 5.74. The van der Waals surface area contributed by atoms with Crippen LogP contribution in [0.25, 0.3) is 0 Å². The summed E-state index contributed by atoms with van der Waals surface area (Å²) in [6, 6.07) is 4.26. The highest BCUT2D eigenvalue weighted by molar-refractivity contribution is 5.87. The van der Waals surface area contributed by atoms with Gasteiger partial charge in [0.2, 0.25) is 0 Å². The smallest absolute Gasteiger partial charge is 0.338 e. The Hall–Kier alpha value is -1.46. The van der Waals surface area contributed by atoms with Crippen LogP contribution in [-0.4, -0.2) is 28.8 Å². The molecule has 3 N–H and O–H groups in total. The third-order valence-electron chi connectivity index (χ3n) is 2.83. The molecular formula is C13H18FNO3. The zero-order valence-electron chi connectivity index (χ0n) is 10.3. The molecule has 0 saturated heterocycles. The van der Waals surface area contributed by atoms with E-state index >= 15 is 0 Å². The van der Waals surface area contributed by atoms with E-state index in [2.05, 4.69) is 5.32 Å². The molecule has 1 rings (SSSR count). The Morgan fingerprint density at radius 3 is 2.72 bits per heavy atom. The number of carboxylic acids is 1. The maximum atomic E-state index is 13.4. The van der Waals surface area contributed by atoms with Gasteiger partial charge >= 0.3 is 5.97 Å². The molecule has 0 aliphatic carbocycles. The van der Waals surface area contributed by atoms with Gasteiger partial charge in [-0.15, -0.1) is 0 Å². The van der Waals surface area contributed by atoms with Crippen molar-refractivity contribution >= 4 is 5.97 Å². The van der Waals surface area contributed by atoms with E-state index in [-0.39, 0.29) is 18.2 Å². The number of nitrogens with one attached hydrogen (secondary N) is 1. The van der Waals surface area contributed by atoms with Crippen LogP contribution in [0.5, 0.6) is 0 Å². The molecular weight excluding hydrogens is 237 g/mol. The van der Waals surface area contributed by atoms with Gasteiger partial charge in [0, 0.05) is 19.2 Å². The molecule has 0 saturated carbocycles. The highest BCUT2D eigenvalue weighted by Gasteiger charge is 2.11. The van der Waals surface area contributed by atoms with Crippen molar-refractivity contribution in [3.8, 4) is 0 Å². The van der Waals surface area contributed by atoms with Crippen LogP contribution in [0.2, 0.25) is 0 Å². The molecule has 0 radical (unpaired) electrons. The molecule has 0 aromatic heterocycles. The zero-order chi connectivity index (χ0) is 13.5. The molecule has 1 atom stereocenters. The summed E-state index contributed by atoms with van der Waals surface area (Å²) < 4.78 is 13.4. The molecule has 1 aromatic carbocycles. The molecule has 4 nitrogen and oxygen atoms in total. The lowest BCUT2D eigenvalue weighted by atomic mass is 10.1. The monoisotopic (exact) mass is 255 g/mol. The summed E-state index contributed by atoms with van der Waals surface area (Å²) in [7, 11) is 0. The second-order valence-electron chi connectivity index (χ2n) is 4.12. The quantitative estimate of drug-likeness (QED) is 0.694. The van der Waals surface area contributed by atoms with Gasteiger partial charge in [-0.25, -0.2) is 9.18 Å². The number of carboxylic acid groups (broad SMARTS) is 1. The van der Waals surface area contributed by atoms with E-state index in [9.17, 15) is 9.18 Å². The van der Waals surface area contributed by atoms with Gasteiger partial charge in [0.1, 0.15) is 5.82 Å². The SMILES string of the molecule is CCC(CCO)NCc1ccc(C(=O)O)c(F)c1. The second-order valence-corrected chi connectivity index (χ2v) is 4.12.